The van der Waals surface area contributed by atoms with E-state index in [1.165, 1.54) is 17.0 Å². The molecular formula is C22H29F3N2O3. The van der Waals surface area contributed by atoms with E-state index in [2.05, 4.69) is 12.2 Å². The molecule has 1 spiro atoms. The van der Waals surface area contributed by atoms with Crippen molar-refractivity contribution in [2.24, 2.45) is 5.92 Å². The van der Waals surface area contributed by atoms with Gasteiger partial charge in [-0.05, 0) is 56.7 Å². The molecule has 2 amide bonds. The van der Waals surface area contributed by atoms with E-state index in [-0.39, 0.29) is 30.0 Å². The second kappa shape index (κ2) is 8.57. The summed E-state index contributed by atoms with van der Waals surface area (Å²) in [5, 5.41) is 2.88. The molecule has 1 aromatic carbocycles. The maximum absolute atomic E-state index is 13.5. The number of alkyl halides is 3. The normalized spacial score (nSPS) is 27.9. The van der Waals surface area contributed by atoms with Crippen LogP contribution in [0.25, 0.3) is 0 Å². The molecule has 4 atom stereocenters. The van der Waals surface area contributed by atoms with Crippen LogP contribution in [0.15, 0.2) is 24.3 Å². The molecule has 4 unspecified atom stereocenters. The van der Waals surface area contributed by atoms with E-state index in [0.717, 1.165) is 31.4 Å². The predicted molar refractivity (Wildman–Crippen MR) is 106 cm³/mol. The zero-order valence-electron chi connectivity index (χ0n) is 17.6. The fraction of sp³-hybridized carbons (Fsp3) is 0.636. The lowest BCUT2D eigenvalue weighted by Crippen LogP contribution is -2.57. The van der Waals surface area contributed by atoms with Crippen LogP contribution in [0.5, 0.6) is 0 Å². The molecule has 166 valence electrons. The number of ether oxygens (including phenoxy) is 1. The molecule has 8 heteroatoms. The van der Waals surface area contributed by atoms with E-state index in [0.29, 0.717) is 12.8 Å². The van der Waals surface area contributed by atoms with Gasteiger partial charge >= 0.3 is 6.18 Å². The molecule has 2 fully saturated rings. The van der Waals surface area contributed by atoms with Crippen LogP contribution >= 0.6 is 0 Å². The molecule has 1 saturated carbocycles. The topological polar surface area (TPSA) is 58.6 Å². The number of nitrogens with zero attached hydrogens (tertiary/aromatic N) is 1. The van der Waals surface area contributed by atoms with Gasteiger partial charge in [-0.1, -0.05) is 26.3 Å². The number of carbonyl (C=O) groups is 2. The van der Waals surface area contributed by atoms with Crippen LogP contribution in [0.3, 0.4) is 0 Å². The van der Waals surface area contributed by atoms with E-state index in [1.807, 2.05) is 13.8 Å². The molecule has 3 rings (SSSR count). The van der Waals surface area contributed by atoms with Crippen LogP contribution in [0.2, 0.25) is 0 Å². The first kappa shape index (κ1) is 22.6. The van der Waals surface area contributed by atoms with Crippen molar-refractivity contribution in [2.75, 3.05) is 6.61 Å². The Hall–Kier alpha value is -2.09. The average Bonchev–Trinajstić information content (AvgIpc) is 3.04. The number of carbonyl (C=O) groups excluding carboxylic acids is 2. The highest BCUT2D eigenvalue weighted by molar-refractivity contribution is 5.98. The molecule has 0 bridgehead atoms. The highest BCUT2D eigenvalue weighted by Crippen LogP contribution is 2.43. The molecule has 2 aliphatic rings. The van der Waals surface area contributed by atoms with Gasteiger partial charge in [0.25, 0.3) is 5.91 Å². The number of halogens is 3. The second-order valence-electron chi connectivity index (χ2n) is 8.55. The van der Waals surface area contributed by atoms with E-state index < -0.39 is 29.4 Å². The fourth-order valence-electron chi connectivity index (χ4n) is 4.42. The van der Waals surface area contributed by atoms with Crippen molar-refractivity contribution in [1.82, 2.24) is 10.2 Å². The molecule has 0 radical (unpaired) electrons. The van der Waals surface area contributed by atoms with Gasteiger partial charge in [0.15, 0.2) is 0 Å². The quantitative estimate of drug-likeness (QED) is 0.778. The van der Waals surface area contributed by atoms with Gasteiger partial charge in [0.2, 0.25) is 5.91 Å². The first-order valence-electron chi connectivity index (χ1n) is 10.5. The first-order chi connectivity index (χ1) is 14.1. The van der Waals surface area contributed by atoms with Crippen molar-refractivity contribution in [2.45, 2.75) is 76.9 Å². The summed E-state index contributed by atoms with van der Waals surface area (Å²) in [5.74, 6) is -0.649. The van der Waals surface area contributed by atoms with Crippen molar-refractivity contribution in [3.8, 4) is 0 Å². The molecule has 1 N–H and O–H groups in total. The third-order valence-corrected chi connectivity index (χ3v) is 6.15. The number of amides is 2. The van der Waals surface area contributed by atoms with Gasteiger partial charge in [-0.25, -0.2) is 0 Å². The third-order valence-electron chi connectivity index (χ3n) is 6.15. The van der Waals surface area contributed by atoms with Crippen molar-refractivity contribution in [3.05, 3.63) is 35.4 Å². The maximum atomic E-state index is 13.5. The smallest absolute Gasteiger partial charge is 0.353 e. The van der Waals surface area contributed by atoms with Gasteiger partial charge in [0.1, 0.15) is 11.8 Å². The largest absolute Gasteiger partial charge is 0.416 e. The zero-order valence-corrected chi connectivity index (χ0v) is 17.6. The monoisotopic (exact) mass is 426 g/mol. The van der Waals surface area contributed by atoms with Crippen molar-refractivity contribution < 1.29 is 27.5 Å². The summed E-state index contributed by atoms with van der Waals surface area (Å²) in [6.45, 7) is 5.90. The van der Waals surface area contributed by atoms with Crippen LogP contribution in [-0.2, 0) is 15.7 Å². The molecule has 1 aliphatic carbocycles. The highest BCUT2D eigenvalue weighted by atomic mass is 19.4. The van der Waals surface area contributed by atoms with Crippen molar-refractivity contribution in [3.63, 3.8) is 0 Å². The number of hydrogen-bond donors (Lipinski definition) is 1. The van der Waals surface area contributed by atoms with E-state index in [9.17, 15) is 22.8 Å². The highest BCUT2D eigenvalue weighted by Gasteiger charge is 2.54. The van der Waals surface area contributed by atoms with Gasteiger partial charge in [-0.15, -0.1) is 0 Å². The minimum Gasteiger partial charge on any atom is -0.353 e. The molecular weight excluding hydrogens is 397 g/mol. The van der Waals surface area contributed by atoms with Gasteiger partial charge in [-0.2, -0.15) is 13.2 Å². The Morgan fingerprint density at radius 2 is 2.10 bits per heavy atom. The molecule has 0 aromatic heterocycles. The summed E-state index contributed by atoms with van der Waals surface area (Å²) in [6.07, 6.45) is -0.890. The summed E-state index contributed by atoms with van der Waals surface area (Å²) >= 11 is 0. The Labute approximate surface area is 175 Å². The molecule has 1 aliphatic heterocycles. The predicted octanol–water partition coefficient (Wildman–Crippen LogP) is 4.37. The average molecular weight is 426 g/mol. The summed E-state index contributed by atoms with van der Waals surface area (Å²) in [7, 11) is 0. The van der Waals surface area contributed by atoms with Gasteiger partial charge in [0, 0.05) is 11.6 Å². The lowest BCUT2D eigenvalue weighted by Gasteiger charge is -2.43. The standard InChI is InChI=1S/C22H29F3N2O3/c1-4-15(3)26-19(28)18-13-30-21(10-6-7-14(2)12-21)27(18)20(29)16-8-5-9-17(11-16)22(23,24)25/h5,8-9,11,14-15,18H,4,6-7,10,12-13H2,1-3H3,(H,26,28). The number of hydrogen-bond acceptors (Lipinski definition) is 3. The minimum absolute atomic E-state index is 0.0414. The molecule has 1 aromatic rings. The Balaban J connectivity index is 1.97. The molecule has 1 heterocycles. The third kappa shape index (κ3) is 4.48. The maximum Gasteiger partial charge on any atom is 0.416 e. The number of rotatable bonds is 4. The second-order valence-corrected chi connectivity index (χ2v) is 8.55. The Morgan fingerprint density at radius 1 is 1.37 bits per heavy atom. The summed E-state index contributed by atoms with van der Waals surface area (Å²) in [4.78, 5) is 27.8. The fourth-order valence-corrected chi connectivity index (χ4v) is 4.42. The minimum atomic E-state index is -4.55. The molecule has 5 nitrogen and oxygen atoms in total. The van der Waals surface area contributed by atoms with Crippen molar-refractivity contribution >= 4 is 11.8 Å². The Bertz CT molecular complexity index is 798. The van der Waals surface area contributed by atoms with E-state index in [1.54, 1.807) is 0 Å². The summed E-state index contributed by atoms with van der Waals surface area (Å²) < 4.78 is 45.6. The molecule has 30 heavy (non-hydrogen) atoms. The number of benzene rings is 1. The van der Waals surface area contributed by atoms with Crippen LogP contribution in [0.4, 0.5) is 13.2 Å². The SMILES string of the molecule is CCC(C)NC(=O)C1COC2(CCCC(C)C2)N1C(=O)c1cccc(C(F)(F)F)c1. The summed E-state index contributed by atoms with van der Waals surface area (Å²) in [6, 6.07) is 3.42. The number of nitrogens with one attached hydrogen (secondary N) is 1. The first-order valence-corrected chi connectivity index (χ1v) is 10.5. The lowest BCUT2D eigenvalue weighted by molar-refractivity contribution is -0.137. The van der Waals surface area contributed by atoms with Crippen LogP contribution in [0.1, 0.15) is 68.8 Å². The van der Waals surface area contributed by atoms with Crippen LogP contribution in [0, 0.1) is 5.92 Å². The van der Waals surface area contributed by atoms with Gasteiger partial charge in [0.05, 0.1) is 12.2 Å². The Kier molecular flexibility index (Phi) is 6.45. The van der Waals surface area contributed by atoms with Crippen LogP contribution < -0.4 is 5.32 Å². The zero-order chi connectivity index (χ0) is 22.1. The molecule has 1 saturated heterocycles. The van der Waals surface area contributed by atoms with Crippen LogP contribution in [-0.4, -0.2) is 41.1 Å². The van der Waals surface area contributed by atoms with E-state index in [4.69, 9.17) is 4.74 Å². The van der Waals surface area contributed by atoms with E-state index >= 15 is 0 Å². The van der Waals surface area contributed by atoms with Crippen molar-refractivity contribution in [1.29, 1.82) is 0 Å². The lowest BCUT2D eigenvalue weighted by atomic mass is 9.83. The summed E-state index contributed by atoms with van der Waals surface area (Å²) in [5.41, 5.74) is -1.94. The Morgan fingerprint density at radius 3 is 2.73 bits per heavy atom. The van der Waals surface area contributed by atoms with Gasteiger partial charge in [-0.3, -0.25) is 14.5 Å². The van der Waals surface area contributed by atoms with Gasteiger partial charge < -0.3 is 10.1 Å².